The normalized spacial score (nSPS) is 17.3. The first-order valence-corrected chi connectivity index (χ1v) is 9.62. The largest absolute Gasteiger partial charge is 0.493 e. The van der Waals surface area contributed by atoms with Gasteiger partial charge in [0.1, 0.15) is 31.3 Å². The molecular weight excluding hydrogens is 390 g/mol. The first-order chi connectivity index (χ1) is 14.7. The molecule has 9 heteroatoms. The van der Waals surface area contributed by atoms with E-state index in [1.807, 2.05) is 18.2 Å². The lowest BCUT2D eigenvalue weighted by Gasteiger charge is -2.29. The van der Waals surface area contributed by atoms with Crippen molar-refractivity contribution >= 4 is 11.7 Å². The van der Waals surface area contributed by atoms with Crippen LogP contribution < -0.4 is 24.3 Å². The topological polar surface area (TPSA) is 97.0 Å². The quantitative estimate of drug-likeness (QED) is 0.689. The van der Waals surface area contributed by atoms with E-state index in [1.54, 1.807) is 31.4 Å². The highest BCUT2D eigenvalue weighted by Crippen LogP contribution is 2.52. The van der Waals surface area contributed by atoms with Gasteiger partial charge in [0.2, 0.25) is 17.4 Å². The summed E-state index contributed by atoms with van der Waals surface area (Å²) in [6.45, 7) is 1.26. The number of benzene rings is 1. The van der Waals surface area contributed by atoms with Gasteiger partial charge in [-0.3, -0.25) is 4.79 Å². The van der Waals surface area contributed by atoms with Crippen molar-refractivity contribution in [1.29, 1.82) is 0 Å². The Morgan fingerprint density at radius 3 is 2.77 bits per heavy atom. The van der Waals surface area contributed by atoms with Gasteiger partial charge in [-0.05, 0) is 18.2 Å². The van der Waals surface area contributed by atoms with Crippen molar-refractivity contribution < 1.29 is 28.2 Å². The summed E-state index contributed by atoms with van der Waals surface area (Å²) in [7, 11) is 3.15. The number of carbonyl (C=O) groups excluding carboxylic acids is 1. The fourth-order valence-corrected chi connectivity index (χ4v) is 4.01. The van der Waals surface area contributed by atoms with E-state index in [-0.39, 0.29) is 18.2 Å². The van der Waals surface area contributed by atoms with Crippen molar-refractivity contribution in [2.45, 2.75) is 18.9 Å². The van der Waals surface area contributed by atoms with Crippen LogP contribution in [0.4, 0.5) is 5.82 Å². The molecule has 2 aromatic heterocycles. The van der Waals surface area contributed by atoms with E-state index in [4.69, 9.17) is 23.4 Å². The summed E-state index contributed by atoms with van der Waals surface area (Å²) in [6.07, 6.45) is 3.63. The number of amides is 1. The van der Waals surface area contributed by atoms with Crippen molar-refractivity contribution in [3.05, 3.63) is 47.5 Å². The van der Waals surface area contributed by atoms with Gasteiger partial charge in [-0.25, -0.2) is 4.68 Å². The van der Waals surface area contributed by atoms with Gasteiger partial charge in [0.25, 0.3) is 0 Å². The van der Waals surface area contributed by atoms with E-state index in [0.717, 1.165) is 16.9 Å². The van der Waals surface area contributed by atoms with Gasteiger partial charge in [0, 0.05) is 23.5 Å². The van der Waals surface area contributed by atoms with Crippen LogP contribution in [0.1, 0.15) is 29.2 Å². The van der Waals surface area contributed by atoms with Crippen LogP contribution in [-0.2, 0) is 11.3 Å². The average molecular weight is 411 g/mol. The zero-order valence-electron chi connectivity index (χ0n) is 16.6. The van der Waals surface area contributed by atoms with E-state index < -0.39 is 0 Å². The molecular formula is C21H21N3O6. The SMILES string of the molecule is COc1cc(C2CC(=O)Nc3c2cnn3Cc2ccco2)c(OC)c2c1OCCO2. The zero-order valence-corrected chi connectivity index (χ0v) is 16.6. The number of hydrogen-bond donors (Lipinski definition) is 1. The summed E-state index contributed by atoms with van der Waals surface area (Å²) >= 11 is 0. The Balaban J connectivity index is 1.62. The maximum absolute atomic E-state index is 12.6. The number of furan rings is 1. The van der Waals surface area contributed by atoms with Gasteiger partial charge in [-0.2, -0.15) is 5.10 Å². The molecule has 1 amide bonds. The number of nitrogens with one attached hydrogen (secondary N) is 1. The summed E-state index contributed by atoms with van der Waals surface area (Å²) in [6, 6.07) is 5.53. The zero-order chi connectivity index (χ0) is 20.7. The van der Waals surface area contributed by atoms with E-state index in [2.05, 4.69) is 10.4 Å². The molecule has 30 heavy (non-hydrogen) atoms. The van der Waals surface area contributed by atoms with Crippen molar-refractivity contribution in [2.24, 2.45) is 0 Å². The lowest BCUT2D eigenvalue weighted by atomic mass is 9.86. The molecule has 2 aliphatic heterocycles. The molecule has 1 atom stereocenters. The summed E-state index contributed by atoms with van der Waals surface area (Å²) in [5, 5.41) is 7.42. The molecule has 0 saturated carbocycles. The Bertz CT molecular complexity index is 1090. The van der Waals surface area contributed by atoms with Gasteiger partial charge >= 0.3 is 0 Å². The second kappa shape index (κ2) is 7.33. The Labute approximate surface area is 172 Å². The molecule has 2 aliphatic rings. The molecule has 9 nitrogen and oxygen atoms in total. The fourth-order valence-electron chi connectivity index (χ4n) is 4.01. The molecule has 0 fully saturated rings. The predicted molar refractivity (Wildman–Crippen MR) is 106 cm³/mol. The van der Waals surface area contributed by atoms with Gasteiger partial charge in [-0.1, -0.05) is 0 Å². The molecule has 4 heterocycles. The molecule has 0 spiro atoms. The van der Waals surface area contributed by atoms with Gasteiger partial charge < -0.3 is 28.7 Å². The van der Waals surface area contributed by atoms with Crippen LogP contribution >= 0.6 is 0 Å². The molecule has 0 radical (unpaired) electrons. The highest BCUT2D eigenvalue weighted by molar-refractivity contribution is 5.94. The van der Waals surface area contributed by atoms with Gasteiger partial charge in [-0.15, -0.1) is 0 Å². The number of hydrogen-bond acceptors (Lipinski definition) is 7. The number of fused-ring (bicyclic) bond motifs is 2. The molecule has 1 unspecified atom stereocenters. The lowest BCUT2D eigenvalue weighted by molar-refractivity contribution is -0.116. The van der Waals surface area contributed by atoms with E-state index >= 15 is 0 Å². The minimum Gasteiger partial charge on any atom is -0.493 e. The highest BCUT2D eigenvalue weighted by atomic mass is 16.6. The maximum Gasteiger partial charge on any atom is 0.226 e. The van der Waals surface area contributed by atoms with Crippen LogP contribution in [0, 0.1) is 0 Å². The Hall–Kier alpha value is -3.62. The smallest absolute Gasteiger partial charge is 0.226 e. The van der Waals surface area contributed by atoms with Crippen molar-refractivity contribution in [1.82, 2.24) is 9.78 Å². The van der Waals surface area contributed by atoms with Crippen LogP contribution in [0.5, 0.6) is 23.0 Å². The van der Waals surface area contributed by atoms with Crippen molar-refractivity contribution in [2.75, 3.05) is 32.8 Å². The number of carbonyl (C=O) groups is 1. The van der Waals surface area contributed by atoms with E-state index in [1.165, 1.54) is 0 Å². The Morgan fingerprint density at radius 2 is 2.03 bits per heavy atom. The third-order valence-electron chi connectivity index (χ3n) is 5.34. The van der Waals surface area contributed by atoms with E-state index in [0.29, 0.717) is 48.6 Å². The van der Waals surface area contributed by atoms with Gasteiger partial charge in [0.15, 0.2) is 11.5 Å². The number of rotatable bonds is 5. The molecule has 0 bridgehead atoms. The summed E-state index contributed by atoms with van der Waals surface area (Å²) in [5.41, 5.74) is 1.67. The van der Waals surface area contributed by atoms with Crippen LogP contribution in [0.2, 0.25) is 0 Å². The molecule has 5 rings (SSSR count). The number of ether oxygens (including phenoxy) is 4. The molecule has 0 aliphatic carbocycles. The number of anilines is 1. The molecule has 156 valence electrons. The number of methoxy groups -OCH3 is 2. The van der Waals surface area contributed by atoms with Gasteiger partial charge in [0.05, 0.1) is 26.7 Å². The highest BCUT2D eigenvalue weighted by Gasteiger charge is 2.35. The fraction of sp³-hybridized carbons (Fsp3) is 0.333. The number of aromatic nitrogens is 2. The van der Waals surface area contributed by atoms with Crippen LogP contribution in [0.15, 0.2) is 35.1 Å². The summed E-state index contributed by atoms with van der Waals surface area (Å²) < 4.78 is 30.0. The third kappa shape index (κ3) is 2.94. The Morgan fingerprint density at radius 1 is 1.20 bits per heavy atom. The third-order valence-corrected chi connectivity index (χ3v) is 5.34. The van der Waals surface area contributed by atoms with Crippen LogP contribution in [-0.4, -0.2) is 43.1 Å². The summed E-state index contributed by atoms with van der Waals surface area (Å²) in [4.78, 5) is 12.6. The average Bonchev–Trinajstić information content (AvgIpc) is 3.42. The molecule has 1 aromatic carbocycles. The standard InChI is InChI=1S/C21H21N3O6/c1-26-16-8-14(18(27-2)20-19(16)29-6-7-30-20)13-9-17(25)23-21-15(13)10-22-24(21)11-12-4-3-5-28-12/h3-5,8,10,13H,6-7,9,11H2,1-2H3,(H,23,25). The first kappa shape index (κ1) is 18.4. The summed E-state index contributed by atoms with van der Waals surface area (Å²) in [5.74, 6) is 3.08. The van der Waals surface area contributed by atoms with E-state index in [9.17, 15) is 4.79 Å². The second-order valence-corrected chi connectivity index (χ2v) is 7.05. The van der Waals surface area contributed by atoms with Crippen molar-refractivity contribution in [3.8, 4) is 23.0 Å². The van der Waals surface area contributed by atoms with Crippen molar-refractivity contribution in [3.63, 3.8) is 0 Å². The minimum atomic E-state index is -0.279. The minimum absolute atomic E-state index is 0.107. The lowest BCUT2D eigenvalue weighted by Crippen LogP contribution is -2.25. The maximum atomic E-state index is 12.6. The first-order valence-electron chi connectivity index (χ1n) is 9.62. The van der Waals surface area contributed by atoms with Crippen LogP contribution in [0.25, 0.3) is 0 Å². The number of nitrogens with zero attached hydrogens (tertiary/aromatic N) is 2. The Kier molecular flexibility index (Phi) is 4.50. The molecule has 3 aromatic rings. The monoisotopic (exact) mass is 411 g/mol. The van der Waals surface area contributed by atoms with Crippen LogP contribution in [0.3, 0.4) is 0 Å². The molecule has 0 saturated heterocycles. The second-order valence-electron chi connectivity index (χ2n) is 7.05. The molecule has 1 N–H and O–H groups in total. The predicted octanol–water partition coefficient (Wildman–Crippen LogP) is 2.79.